The van der Waals surface area contributed by atoms with Crippen LogP contribution in [0.2, 0.25) is 0 Å². The van der Waals surface area contributed by atoms with E-state index in [1.165, 1.54) is 12.0 Å². The molecule has 3 N–H and O–H groups in total. The van der Waals surface area contributed by atoms with Crippen LogP contribution in [0.3, 0.4) is 0 Å². The summed E-state index contributed by atoms with van der Waals surface area (Å²) in [5, 5.41) is 14.2. The first kappa shape index (κ1) is 38.9. The van der Waals surface area contributed by atoms with Crippen molar-refractivity contribution in [1.82, 2.24) is 35.5 Å². The Hall–Kier alpha value is -5.76. The molecule has 0 saturated carbocycles. The number of fused-ring (bicyclic) bond motifs is 5. The Labute approximate surface area is 320 Å². The predicted octanol–water partition coefficient (Wildman–Crippen LogP) is 2.42. The Bertz CT molecular complexity index is 2020. The number of nitrogens with zero attached hydrogens (tertiary/aromatic N) is 4. The summed E-state index contributed by atoms with van der Waals surface area (Å²) >= 11 is 0. The van der Waals surface area contributed by atoms with Crippen molar-refractivity contribution < 1.29 is 33.4 Å². The van der Waals surface area contributed by atoms with Gasteiger partial charge in [-0.3, -0.25) is 28.7 Å². The summed E-state index contributed by atoms with van der Waals surface area (Å²) in [6.45, 7) is 3.85. The van der Waals surface area contributed by atoms with Crippen LogP contribution in [-0.2, 0) is 37.4 Å². The van der Waals surface area contributed by atoms with Crippen LogP contribution in [0.1, 0.15) is 47.8 Å². The van der Waals surface area contributed by atoms with Crippen LogP contribution < -0.4 is 20.7 Å². The van der Waals surface area contributed by atoms with Gasteiger partial charge < -0.3 is 35.2 Å². The maximum Gasteiger partial charge on any atom is 0.275 e. The molecular weight excluding hydrogens is 702 g/mol. The topological polar surface area (TPSA) is 164 Å². The molecular formula is C41H49N7O7. The molecule has 2 bridgehead atoms. The van der Waals surface area contributed by atoms with Crippen LogP contribution in [0.5, 0.6) is 5.75 Å². The van der Waals surface area contributed by atoms with Gasteiger partial charge in [-0.15, -0.1) is 0 Å². The number of aryl methyl sites for hydroxylation is 1. The van der Waals surface area contributed by atoms with Gasteiger partial charge in [0.1, 0.15) is 17.8 Å². The maximum absolute atomic E-state index is 14.4. The Morgan fingerprint density at radius 2 is 1.65 bits per heavy atom. The number of aromatic nitrogens is 2. The third-order valence-corrected chi connectivity index (χ3v) is 10.0. The van der Waals surface area contributed by atoms with Crippen molar-refractivity contribution in [2.24, 2.45) is 13.0 Å². The average molecular weight is 752 g/mol. The number of ether oxygens (including phenoxy) is 2. The third-order valence-electron chi connectivity index (χ3n) is 10.0. The van der Waals surface area contributed by atoms with Gasteiger partial charge in [0, 0.05) is 51.5 Å². The number of para-hydroxylation sites is 1. The van der Waals surface area contributed by atoms with Gasteiger partial charge in [0.2, 0.25) is 17.7 Å². The normalized spacial score (nSPS) is 21.3. The molecule has 1 fully saturated rings. The number of rotatable bonds is 8. The second-order valence-electron chi connectivity index (χ2n) is 14.6. The number of hydrogen-bond acceptors (Lipinski definition) is 8. The highest BCUT2D eigenvalue weighted by Gasteiger charge is 2.40. The summed E-state index contributed by atoms with van der Waals surface area (Å²) < 4.78 is 12.9. The van der Waals surface area contributed by atoms with Gasteiger partial charge in [0.15, 0.2) is 12.3 Å². The summed E-state index contributed by atoms with van der Waals surface area (Å²) in [7, 11) is 3.29. The number of benzene rings is 3. The number of amides is 5. The number of carbonyl (C=O) groups is 5. The van der Waals surface area contributed by atoms with Crippen molar-refractivity contribution in [2.45, 2.75) is 50.7 Å². The quantitative estimate of drug-likeness (QED) is 0.247. The molecule has 4 aromatic rings. The van der Waals surface area contributed by atoms with Crippen molar-refractivity contribution in [3.8, 4) is 5.75 Å². The van der Waals surface area contributed by atoms with Crippen molar-refractivity contribution >= 4 is 40.4 Å². The molecule has 0 spiro atoms. The van der Waals surface area contributed by atoms with Crippen LogP contribution in [-0.4, -0.2) is 114 Å². The minimum atomic E-state index is -1.01. The van der Waals surface area contributed by atoms with E-state index in [-0.39, 0.29) is 63.6 Å². The summed E-state index contributed by atoms with van der Waals surface area (Å²) in [6.07, 6.45) is 0.510. The molecule has 3 heterocycles. The van der Waals surface area contributed by atoms with Gasteiger partial charge in [0.05, 0.1) is 24.7 Å². The van der Waals surface area contributed by atoms with Crippen LogP contribution in [0.15, 0.2) is 78.9 Å². The highest BCUT2D eigenvalue weighted by Crippen LogP contribution is 2.32. The monoisotopic (exact) mass is 751 g/mol. The molecule has 3 aromatic carbocycles. The van der Waals surface area contributed by atoms with Crippen LogP contribution in [0, 0.1) is 5.92 Å². The second-order valence-corrected chi connectivity index (χ2v) is 14.6. The van der Waals surface area contributed by atoms with Gasteiger partial charge >= 0.3 is 0 Å². The van der Waals surface area contributed by atoms with E-state index in [1.54, 1.807) is 34.8 Å². The first-order chi connectivity index (χ1) is 26.5. The van der Waals surface area contributed by atoms with E-state index in [4.69, 9.17) is 9.47 Å². The van der Waals surface area contributed by atoms with E-state index in [9.17, 15) is 24.0 Å². The van der Waals surface area contributed by atoms with Crippen molar-refractivity contribution in [2.75, 3.05) is 46.5 Å². The van der Waals surface area contributed by atoms with E-state index < -0.39 is 41.8 Å². The highest BCUT2D eigenvalue weighted by molar-refractivity contribution is 6.05. The van der Waals surface area contributed by atoms with Crippen molar-refractivity contribution in [3.63, 3.8) is 0 Å². The zero-order chi connectivity index (χ0) is 39.1. The molecule has 2 aliphatic heterocycles. The van der Waals surface area contributed by atoms with E-state index >= 15 is 0 Å². The fraction of sp³-hybridized carbons (Fsp3) is 0.415. The standard InChI is InChI=1S/C41H49N7O7/c1-26(2)19-33-40(52)47(17-18-54-4)24-36(49)42-32(20-27-11-6-5-7-12-27)39(51)44-34-23-48(41(53)38-30-15-8-9-16-35(30)46(3)45-38)22-31(34)28-13-10-14-29(21-28)55-25-37(50)43-33/h5-16,21,26,31-34H,17-20,22-25H2,1-4H3,(H,42,49)(H,43,50)(H,44,51)/t31-,32+,33-,34+/m1/s1. The number of likely N-dealkylation sites (tertiary alicyclic amines) is 1. The summed E-state index contributed by atoms with van der Waals surface area (Å²) in [4.78, 5) is 72.6. The lowest BCUT2D eigenvalue weighted by atomic mass is 9.93. The van der Waals surface area contributed by atoms with E-state index in [2.05, 4.69) is 21.0 Å². The lowest BCUT2D eigenvalue weighted by molar-refractivity contribution is -0.141. The van der Waals surface area contributed by atoms with Crippen molar-refractivity contribution in [1.29, 1.82) is 0 Å². The summed E-state index contributed by atoms with van der Waals surface area (Å²) in [6, 6.07) is 21.6. The number of carbonyl (C=O) groups excluding carboxylic acids is 5. The number of hydrogen-bond donors (Lipinski definition) is 3. The fourth-order valence-electron chi connectivity index (χ4n) is 7.33. The van der Waals surface area contributed by atoms with Crippen LogP contribution in [0.25, 0.3) is 10.9 Å². The molecule has 5 amide bonds. The molecule has 4 atom stereocenters. The molecule has 0 aliphatic carbocycles. The minimum Gasteiger partial charge on any atom is -0.484 e. The molecule has 14 nitrogen and oxygen atoms in total. The molecule has 55 heavy (non-hydrogen) atoms. The smallest absolute Gasteiger partial charge is 0.275 e. The summed E-state index contributed by atoms with van der Waals surface area (Å²) in [5.41, 5.74) is 2.75. The first-order valence-electron chi connectivity index (χ1n) is 18.6. The molecule has 0 radical (unpaired) electrons. The van der Waals surface area contributed by atoms with E-state index in [1.807, 2.05) is 74.5 Å². The zero-order valence-corrected chi connectivity index (χ0v) is 31.7. The van der Waals surface area contributed by atoms with E-state index in [0.29, 0.717) is 17.9 Å². The first-order valence-corrected chi connectivity index (χ1v) is 18.6. The average Bonchev–Trinajstić information content (AvgIpc) is 3.75. The Kier molecular flexibility index (Phi) is 12.5. The van der Waals surface area contributed by atoms with Crippen molar-refractivity contribution in [3.05, 3.63) is 95.7 Å². The van der Waals surface area contributed by atoms with Gasteiger partial charge in [0.25, 0.3) is 11.8 Å². The Morgan fingerprint density at radius 3 is 2.42 bits per heavy atom. The lowest BCUT2D eigenvalue weighted by Gasteiger charge is -2.29. The molecule has 2 aliphatic rings. The Balaban J connectivity index is 1.36. The molecule has 6 rings (SSSR count). The SMILES string of the molecule is COCCN1CC(=O)N[C@@H](Cc2ccccc2)C(=O)N[C@H]2CN(C(=O)c3nn(C)c4ccccc34)C[C@@H]2c2cccc(c2)OCC(=O)N[C@H](CC(C)C)C1=O. The Morgan fingerprint density at radius 1 is 0.909 bits per heavy atom. The number of methoxy groups -OCH3 is 1. The lowest BCUT2D eigenvalue weighted by Crippen LogP contribution is -2.56. The highest BCUT2D eigenvalue weighted by atomic mass is 16.5. The van der Waals surface area contributed by atoms with Gasteiger partial charge in [-0.05, 0) is 41.7 Å². The molecule has 1 saturated heterocycles. The van der Waals surface area contributed by atoms with Crippen LogP contribution >= 0.6 is 0 Å². The third kappa shape index (κ3) is 9.49. The van der Waals surface area contributed by atoms with Gasteiger partial charge in [-0.25, -0.2) is 0 Å². The predicted molar refractivity (Wildman–Crippen MR) is 205 cm³/mol. The molecule has 14 heteroatoms. The fourth-order valence-corrected chi connectivity index (χ4v) is 7.33. The van der Waals surface area contributed by atoms with Crippen LogP contribution in [0.4, 0.5) is 0 Å². The second kappa shape index (κ2) is 17.6. The minimum absolute atomic E-state index is 0.0453. The maximum atomic E-state index is 14.4. The summed E-state index contributed by atoms with van der Waals surface area (Å²) in [5.74, 6) is -2.09. The molecule has 1 aromatic heterocycles. The van der Waals surface area contributed by atoms with Gasteiger partial charge in [-0.1, -0.05) is 74.5 Å². The number of nitrogens with one attached hydrogen (secondary N) is 3. The molecule has 0 unspecified atom stereocenters. The van der Waals surface area contributed by atoms with Gasteiger partial charge in [-0.2, -0.15) is 5.10 Å². The largest absolute Gasteiger partial charge is 0.484 e. The van der Waals surface area contributed by atoms with E-state index in [0.717, 1.165) is 22.0 Å². The molecule has 290 valence electrons. The zero-order valence-electron chi connectivity index (χ0n) is 31.7.